The number of hydrogen-bond donors (Lipinski definition) is 1. The fourth-order valence-electron chi connectivity index (χ4n) is 4.25. The van der Waals surface area contributed by atoms with Gasteiger partial charge in [-0.15, -0.1) is 0 Å². The van der Waals surface area contributed by atoms with Gasteiger partial charge < -0.3 is 15.1 Å². The molecule has 2 heterocycles. The minimum Gasteiger partial charge on any atom is -0.339 e. The maximum atomic E-state index is 13.3. The zero-order valence-electron chi connectivity index (χ0n) is 14.6. The van der Waals surface area contributed by atoms with E-state index >= 15 is 0 Å². The molecule has 5 nitrogen and oxygen atoms in total. The van der Waals surface area contributed by atoms with Crippen molar-refractivity contribution in [2.24, 2.45) is 5.41 Å². The van der Waals surface area contributed by atoms with Gasteiger partial charge in [-0.3, -0.25) is 4.79 Å². The molecule has 7 heteroatoms. The average Bonchev–Trinajstić information content (AvgIpc) is 3.46. The van der Waals surface area contributed by atoms with Gasteiger partial charge in [-0.25, -0.2) is 9.18 Å². The fourth-order valence-corrected chi connectivity index (χ4v) is 4.43. The Balaban J connectivity index is 1.43. The Kier molecular flexibility index (Phi) is 4.55. The van der Waals surface area contributed by atoms with Crippen LogP contribution in [-0.2, 0) is 4.79 Å². The predicted molar refractivity (Wildman–Crippen MR) is 97.6 cm³/mol. The third kappa shape index (κ3) is 3.52. The Morgan fingerprint density at radius 3 is 2.81 bits per heavy atom. The number of nitrogens with zero attached hydrogens (tertiary/aromatic N) is 2. The van der Waals surface area contributed by atoms with Crippen molar-refractivity contribution >= 4 is 29.2 Å². The molecule has 0 bridgehead atoms. The van der Waals surface area contributed by atoms with E-state index in [0.717, 1.165) is 38.6 Å². The lowest BCUT2D eigenvalue weighted by Gasteiger charge is -2.48. The summed E-state index contributed by atoms with van der Waals surface area (Å²) in [6, 6.07) is 4.40. The van der Waals surface area contributed by atoms with Crippen LogP contribution in [0.3, 0.4) is 0 Å². The summed E-state index contributed by atoms with van der Waals surface area (Å²) in [5.41, 5.74) is 0.492. The molecule has 2 aliphatic heterocycles. The van der Waals surface area contributed by atoms with Gasteiger partial charge in [0.25, 0.3) is 0 Å². The number of anilines is 1. The number of amides is 3. The molecule has 4 rings (SSSR count). The van der Waals surface area contributed by atoms with Crippen molar-refractivity contribution in [2.75, 3.05) is 25.0 Å². The molecule has 1 aromatic carbocycles. The lowest BCUT2D eigenvalue weighted by Crippen LogP contribution is -2.56. The van der Waals surface area contributed by atoms with E-state index in [0.29, 0.717) is 31.2 Å². The number of piperidine rings is 2. The second-order valence-corrected chi connectivity index (χ2v) is 8.24. The first-order chi connectivity index (χ1) is 12.5. The van der Waals surface area contributed by atoms with Crippen molar-refractivity contribution < 1.29 is 14.0 Å². The highest BCUT2D eigenvalue weighted by Crippen LogP contribution is 2.42. The minimum absolute atomic E-state index is 0.00648. The van der Waals surface area contributed by atoms with Gasteiger partial charge >= 0.3 is 6.03 Å². The highest BCUT2D eigenvalue weighted by Gasteiger charge is 2.46. The molecule has 140 valence electrons. The minimum atomic E-state index is -0.506. The largest absolute Gasteiger partial charge is 0.339 e. The lowest BCUT2D eigenvalue weighted by atomic mass is 9.73. The molecule has 1 aromatic rings. The van der Waals surface area contributed by atoms with Gasteiger partial charge in [0, 0.05) is 43.2 Å². The number of nitrogens with one attached hydrogen (secondary N) is 1. The van der Waals surface area contributed by atoms with Crippen LogP contribution in [0.25, 0.3) is 0 Å². The summed E-state index contributed by atoms with van der Waals surface area (Å²) in [6.45, 7) is 2.12. The van der Waals surface area contributed by atoms with Gasteiger partial charge in [0.05, 0.1) is 5.02 Å². The summed E-state index contributed by atoms with van der Waals surface area (Å²) >= 11 is 5.79. The van der Waals surface area contributed by atoms with E-state index in [2.05, 4.69) is 5.32 Å². The highest BCUT2D eigenvalue weighted by atomic mass is 35.5. The summed E-state index contributed by atoms with van der Waals surface area (Å²) in [6.07, 6.45) is 5.63. The van der Waals surface area contributed by atoms with Gasteiger partial charge in [-0.1, -0.05) is 11.6 Å². The van der Waals surface area contributed by atoms with Crippen molar-refractivity contribution in [3.8, 4) is 0 Å². The lowest BCUT2D eigenvalue weighted by molar-refractivity contribution is -0.139. The Morgan fingerprint density at radius 2 is 2.08 bits per heavy atom. The van der Waals surface area contributed by atoms with Crippen molar-refractivity contribution in [1.29, 1.82) is 0 Å². The van der Waals surface area contributed by atoms with Gasteiger partial charge in [-0.2, -0.15) is 0 Å². The molecule has 1 atom stereocenters. The van der Waals surface area contributed by atoms with E-state index in [9.17, 15) is 14.0 Å². The molecule has 3 fully saturated rings. The number of carbonyl (C=O) groups is 2. The maximum Gasteiger partial charge on any atom is 0.321 e. The second-order valence-electron chi connectivity index (χ2n) is 7.84. The standard InChI is InChI=1S/C19H23ClFN3O2/c20-15-10-13(2-5-16(15)21)22-18(26)23-9-1-7-19(11-23)8-6-17(25)24(12-19)14-3-4-14/h2,5,10,14H,1,3-4,6-9,11-12H2,(H,22,26)/t19-/m0/s1. The molecule has 0 radical (unpaired) electrons. The number of benzene rings is 1. The van der Waals surface area contributed by atoms with Crippen LogP contribution in [0.4, 0.5) is 14.9 Å². The molecule has 2 saturated heterocycles. The topological polar surface area (TPSA) is 52.7 Å². The summed E-state index contributed by atoms with van der Waals surface area (Å²) in [5.74, 6) is -0.241. The number of likely N-dealkylation sites (tertiary alicyclic amines) is 2. The van der Waals surface area contributed by atoms with Crippen molar-refractivity contribution in [1.82, 2.24) is 9.80 Å². The molecule has 3 amide bonds. The maximum absolute atomic E-state index is 13.3. The smallest absolute Gasteiger partial charge is 0.321 e. The van der Waals surface area contributed by atoms with Gasteiger partial charge in [-0.05, 0) is 50.3 Å². The van der Waals surface area contributed by atoms with Crippen LogP contribution < -0.4 is 5.32 Å². The molecule has 0 aromatic heterocycles. The number of halogens is 2. The molecule has 1 N–H and O–H groups in total. The predicted octanol–water partition coefficient (Wildman–Crippen LogP) is 3.88. The molecular weight excluding hydrogens is 357 g/mol. The molecule has 1 aliphatic carbocycles. The van der Waals surface area contributed by atoms with Crippen LogP contribution in [-0.4, -0.2) is 47.4 Å². The molecule has 0 unspecified atom stereocenters. The van der Waals surface area contributed by atoms with Crippen LogP contribution in [0.1, 0.15) is 38.5 Å². The highest BCUT2D eigenvalue weighted by molar-refractivity contribution is 6.31. The summed E-state index contributed by atoms with van der Waals surface area (Å²) < 4.78 is 13.3. The molecule has 1 saturated carbocycles. The second kappa shape index (κ2) is 6.72. The van der Waals surface area contributed by atoms with Crippen LogP contribution in [0, 0.1) is 11.2 Å². The molecule has 3 aliphatic rings. The van der Waals surface area contributed by atoms with Crippen molar-refractivity contribution in [3.63, 3.8) is 0 Å². The van der Waals surface area contributed by atoms with E-state index < -0.39 is 5.82 Å². The number of rotatable bonds is 2. The number of carbonyl (C=O) groups excluding carboxylic acids is 2. The summed E-state index contributed by atoms with van der Waals surface area (Å²) in [5, 5.41) is 2.80. The first-order valence-electron chi connectivity index (χ1n) is 9.26. The normalized spacial score (nSPS) is 26.3. The van der Waals surface area contributed by atoms with Crippen LogP contribution in [0.15, 0.2) is 18.2 Å². The van der Waals surface area contributed by atoms with E-state index in [-0.39, 0.29) is 22.4 Å². The van der Waals surface area contributed by atoms with Gasteiger partial charge in [0.2, 0.25) is 5.91 Å². The zero-order chi connectivity index (χ0) is 18.3. The first-order valence-corrected chi connectivity index (χ1v) is 9.64. The quantitative estimate of drug-likeness (QED) is 0.847. The molecule has 26 heavy (non-hydrogen) atoms. The average molecular weight is 380 g/mol. The van der Waals surface area contributed by atoms with E-state index in [4.69, 9.17) is 11.6 Å². The van der Waals surface area contributed by atoms with Crippen LogP contribution in [0.5, 0.6) is 0 Å². The van der Waals surface area contributed by atoms with Crippen LogP contribution >= 0.6 is 11.6 Å². The SMILES string of the molecule is O=C(Nc1ccc(F)c(Cl)c1)N1CCC[C@]2(CCC(=O)N(C3CC3)C2)C1. The van der Waals surface area contributed by atoms with E-state index in [1.165, 1.54) is 18.2 Å². The Bertz CT molecular complexity index is 739. The van der Waals surface area contributed by atoms with Crippen molar-refractivity contribution in [3.05, 3.63) is 29.0 Å². The zero-order valence-corrected chi connectivity index (χ0v) is 15.4. The number of hydrogen-bond acceptors (Lipinski definition) is 2. The van der Waals surface area contributed by atoms with Crippen LogP contribution in [0.2, 0.25) is 5.02 Å². The Labute approximate surface area is 157 Å². The summed E-state index contributed by atoms with van der Waals surface area (Å²) in [7, 11) is 0. The molecular formula is C19H23ClFN3O2. The molecule has 1 spiro atoms. The van der Waals surface area contributed by atoms with Crippen molar-refractivity contribution in [2.45, 2.75) is 44.6 Å². The third-order valence-electron chi connectivity index (χ3n) is 5.80. The monoisotopic (exact) mass is 379 g/mol. The third-order valence-corrected chi connectivity index (χ3v) is 6.09. The Hall–Kier alpha value is -1.82. The van der Waals surface area contributed by atoms with E-state index in [1.807, 2.05) is 9.80 Å². The van der Waals surface area contributed by atoms with Gasteiger partial charge in [0.1, 0.15) is 5.82 Å². The fraction of sp³-hybridized carbons (Fsp3) is 0.579. The Morgan fingerprint density at radius 1 is 1.27 bits per heavy atom. The van der Waals surface area contributed by atoms with Gasteiger partial charge in [0.15, 0.2) is 0 Å². The summed E-state index contributed by atoms with van der Waals surface area (Å²) in [4.78, 5) is 28.8. The van der Waals surface area contributed by atoms with E-state index in [1.54, 1.807) is 0 Å². The first kappa shape index (κ1) is 17.6. The number of urea groups is 1.